The van der Waals surface area contributed by atoms with E-state index < -0.39 is 0 Å². The van der Waals surface area contributed by atoms with Crippen LogP contribution in [-0.2, 0) is 0 Å². The summed E-state index contributed by atoms with van der Waals surface area (Å²) in [7, 11) is 0. The molecule has 0 saturated carbocycles. The summed E-state index contributed by atoms with van der Waals surface area (Å²) in [5.74, 6) is -0.192. The van der Waals surface area contributed by atoms with Gasteiger partial charge in [-0.25, -0.2) is 9.67 Å². The maximum atomic E-state index is 13.3. The van der Waals surface area contributed by atoms with E-state index in [2.05, 4.69) is 15.3 Å². The Bertz CT molecular complexity index is 1340. The van der Waals surface area contributed by atoms with Crippen molar-refractivity contribution >= 4 is 5.91 Å². The largest absolute Gasteiger partial charge is 0.345 e. The summed E-state index contributed by atoms with van der Waals surface area (Å²) in [4.78, 5) is 21.6. The molecule has 0 radical (unpaired) electrons. The average molecular weight is 435 g/mol. The Morgan fingerprint density at radius 2 is 1.73 bits per heavy atom. The standard InChI is InChI=1S/C26H22N6O/c1-19(20-9-11-22(12-10-20)31-15-14-28-18-31)29-26(33)24-17-32(23-7-3-2-4-8-23)30-25(24)21-6-5-13-27-16-21/h2-19H,1H3,(H,29,33). The quantitative estimate of drug-likeness (QED) is 0.423. The van der Waals surface area contributed by atoms with Gasteiger partial charge in [-0.2, -0.15) is 5.10 Å². The molecule has 0 spiro atoms. The second-order valence-electron chi connectivity index (χ2n) is 7.67. The number of nitrogens with one attached hydrogen (secondary N) is 1. The Balaban J connectivity index is 1.42. The third-order valence-electron chi connectivity index (χ3n) is 5.46. The minimum absolute atomic E-state index is 0.184. The van der Waals surface area contributed by atoms with Crippen molar-refractivity contribution in [3.63, 3.8) is 0 Å². The predicted octanol–water partition coefficient (Wildman–Crippen LogP) is 4.61. The molecule has 33 heavy (non-hydrogen) atoms. The lowest BCUT2D eigenvalue weighted by atomic mass is 10.1. The lowest BCUT2D eigenvalue weighted by molar-refractivity contribution is 0.0940. The van der Waals surface area contributed by atoms with Crippen molar-refractivity contribution in [2.24, 2.45) is 0 Å². The van der Waals surface area contributed by atoms with E-state index in [0.717, 1.165) is 22.5 Å². The monoisotopic (exact) mass is 434 g/mol. The number of hydrogen-bond donors (Lipinski definition) is 1. The first kappa shape index (κ1) is 20.4. The van der Waals surface area contributed by atoms with Crippen molar-refractivity contribution in [2.75, 3.05) is 0 Å². The number of para-hydroxylation sites is 1. The zero-order valence-electron chi connectivity index (χ0n) is 18.0. The van der Waals surface area contributed by atoms with E-state index in [1.807, 2.05) is 84.4 Å². The molecule has 5 rings (SSSR count). The zero-order valence-corrected chi connectivity index (χ0v) is 18.0. The number of carbonyl (C=O) groups is 1. The summed E-state index contributed by atoms with van der Waals surface area (Å²) in [5.41, 5.74) is 4.77. The lowest BCUT2D eigenvalue weighted by Crippen LogP contribution is -2.26. The van der Waals surface area contributed by atoms with Crippen LogP contribution >= 0.6 is 0 Å². The normalized spacial score (nSPS) is 11.8. The topological polar surface area (TPSA) is 77.6 Å². The van der Waals surface area contributed by atoms with E-state index in [4.69, 9.17) is 5.10 Å². The Morgan fingerprint density at radius 3 is 2.42 bits per heavy atom. The molecule has 0 aliphatic heterocycles. The minimum Gasteiger partial charge on any atom is -0.345 e. The van der Waals surface area contributed by atoms with E-state index in [-0.39, 0.29) is 11.9 Å². The highest BCUT2D eigenvalue weighted by atomic mass is 16.1. The van der Waals surface area contributed by atoms with Crippen LogP contribution in [0, 0.1) is 0 Å². The van der Waals surface area contributed by atoms with Crippen molar-refractivity contribution in [3.05, 3.63) is 115 Å². The number of nitrogens with zero attached hydrogens (tertiary/aromatic N) is 5. The van der Waals surface area contributed by atoms with Gasteiger partial charge < -0.3 is 9.88 Å². The third kappa shape index (κ3) is 4.29. The Morgan fingerprint density at radius 1 is 0.909 bits per heavy atom. The number of aromatic nitrogens is 5. The molecular weight excluding hydrogens is 412 g/mol. The second kappa shape index (κ2) is 8.92. The van der Waals surface area contributed by atoms with Gasteiger partial charge in [-0.05, 0) is 48.9 Å². The summed E-state index contributed by atoms with van der Waals surface area (Å²) in [6.07, 6.45) is 10.6. The maximum absolute atomic E-state index is 13.3. The number of pyridine rings is 1. The summed E-state index contributed by atoms with van der Waals surface area (Å²) in [6.45, 7) is 1.97. The number of carbonyl (C=O) groups excluding carboxylic acids is 1. The van der Waals surface area contributed by atoms with Gasteiger partial charge in [0, 0.05) is 42.2 Å². The highest BCUT2D eigenvalue weighted by Crippen LogP contribution is 2.24. The molecule has 3 aromatic heterocycles. The second-order valence-corrected chi connectivity index (χ2v) is 7.67. The van der Waals surface area contributed by atoms with Gasteiger partial charge in [-0.15, -0.1) is 0 Å². The number of amides is 1. The van der Waals surface area contributed by atoms with E-state index in [1.54, 1.807) is 35.8 Å². The van der Waals surface area contributed by atoms with Crippen molar-refractivity contribution < 1.29 is 4.79 Å². The highest BCUT2D eigenvalue weighted by molar-refractivity contribution is 6.00. The molecular formula is C26H22N6O. The first-order valence-electron chi connectivity index (χ1n) is 10.6. The van der Waals surface area contributed by atoms with Gasteiger partial charge in [-0.3, -0.25) is 9.78 Å². The minimum atomic E-state index is -0.192. The van der Waals surface area contributed by atoms with Crippen molar-refractivity contribution in [1.29, 1.82) is 0 Å². The fraction of sp³-hybridized carbons (Fsp3) is 0.0769. The van der Waals surface area contributed by atoms with Crippen LogP contribution in [0.3, 0.4) is 0 Å². The summed E-state index contributed by atoms with van der Waals surface area (Å²) in [5, 5.41) is 7.81. The molecule has 0 aliphatic carbocycles. The molecule has 0 bridgehead atoms. The van der Waals surface area contributed by atoms with Crippen molar-refractivity contribution in [3.8, 4) is 22.6 Å². The molecule has 0 saturated heterocycles. The van der Waals surface area contributed by atoms with Gasteiger partial charge in [0.1, 0.15) is 5.69 Å². The first-order chi connectivity index (χ1) is 16.2. The fourth-order valence-electron chi connectivity index (χ4n) is 3.67. The van der Waals surface area contributed by atoms with Crippen LogP contribution in [0.1, 0.15) is 28.9 Å². The van der Waals surface area contributed by atoms with Crippen molar-refractivity contribution in [2.45, 2.75) is 13.0 Å². The van der Waals surface area contributed by atoms with Crippen LogP contribution in [0.5, 0.6) is 0 Å². The van der Waals surface area contributed by atoms with E-state index >= 15 is 0 Å². The molecule has 1 N–H and O–H groups in total. The van der Waals surface area contributed by atoms with Gasteiger partial charge in [0.05, 0.1) is 23.6 Å². The predicted molar refractivity (Wildman–Crippen MR) is 126 cm³/mol. The highest BCUT2D eigenvalue weighted by Gasteiger charge is 2.20. The molecule has 0 fully saturated rings. The van der Waals surface area contributed by atoms with Gasteiger partial charge in [0.2, 0.25) is 0 Å². The van der Waals surface area contributed by atoms with E-state index in [1.165, 1.54) is 0 Å². The van der Waals surface area contributed by atoms with Crippen LogP contribution in [0.4, 0.5) is 0 Å². The van der Waals surface area contributed by atoms with Crippen LogP contribution in [0.2, 0.25) is 0 Å². The van der Waals surface area contributed by atoms with E-state index in [0.29, 0.717) is 11.3 Å². The van der Waals surface area contributed by atoms with Gasteiger partial charge >= 0.3 is 0 Å². The lowest BCUT2D eigenvalue weighted by Gasteiger charge is -2.15. The smallest absolute Gasteiger partial charge is 0.255 e. The van der Waals surface area contributed by atoms with Crippen LogP contribution in [-0.4, -0.2) is 30.2 Å². The molecule has 0 aliphatic rings. The van der Waals surface area contributed by atoms with Crippen LogP contribution in [0.15, 0.2) is 104 Å². The maximum Gasteiger partial charge on any atom is 0.255 e. The average Bonchev–Trinajstić information content (AvgIpc) is 3.56. The molecule has 1 amide bonds. The summed E-state index contributed by atoms with van der Waals surface area (Å²) < 4.78 is 3.66. The van der Waals surface area contributed by atoms with Crippen molar-refractivity contribution in [1.82, 2.24) is 29.6 Å². The molecule has 162 valence electrons. The molecule has 7 nitrogen and oxygen atoms in total. The molecule has 7 heteroatoms. The van der Waals surface area contributed by atoms with Crippen LogP contribution < -0.4 is 5.32 Å². The Kier molecular flexibility index (Phi) is 5.51. The first-order valence-corrected chi connectivity index (χ1v) is 10.6. The SMILES string of the molecule is CC(NC(=O)c1cn(-c2ccccc2)nc1-c1cccnc1)c1ccc(-n2ccnc2)cc1. The summed E-state index contributed by atoms with van der Waals surface area (Å²) >= 11 is 0. The van der Waals surface area contributed by atoms with Crippen LogP contribution in [0.25, 0.3) is 22.6 Å². The zero-order chi connectivity index (χ0) is 22.6. The Hall–Kier alpha value is -4.52. The number of benzene rings is 2. The van der Waals surface area contributed by atoms with E-state index in [9.17, 15) is 4.79 Å². The number of rotatable bonds is 6. The molecule has 1 unspecified atom stereocenters. The van der Waals surface area contributed by atoms with Gasteiger partial charge in [0.25, 0.3) is 5.91 Å². The number of imidazole rings is 1. The van der Waals surface area contributed by atoms with Gasteiger partial charge in [0.15, 0.2) is 0 Å². The number of hydrogen-bond acceptors (Lipinski definition) is 4. The molecule has 1 atom stereocenters. The summed E-state index contributed by atoms with van der Waals surface area (Å²) in [6, 6.07) is 21.3. The third-order valence-corrected chi connectivity index (χ3v) is 5.46. The van der Waals surface area contributed by atoms with Gasteiger partial charge in [-0.1, -0.05) is 30.3 Å². The molecule has 2 aromatic carbocycles. The molecule has 5 aromatic rings. The fourth-order valence-corrected chi connectivity index (χ4v) is 3.67. The molecule has 3 heterocycles. The Labute approximate surface area is 191 Å².